The zero-order valence-electron chi connectivity index (χ0n) is 12.7. The summed E-state index contributed by atoms with van der Waals surface area (Å²) in [5.41, 5.74) is 1.26. The summed E-state index contributed by atoms with van der Waals surface area (Å²) in [5.74, 6) is 0.404. The van der Waals surface area contributed by atoms with E-state index in [0.717, 1.165) is 39.0 Å². The first-order valence-electron chi connectivity index (χ1n) is 7.90. The van der Waals surface area contributed by atoms with Crippen LogP contribution in [0.2, 0.25) is 0 Å². The molecule has 2 aliphatic heterocycles. The summed E-state index contributed by atoms with van der Waals surface area (Å²) in [6, 6.07) is 11.0. The Hall–Kier alpha value is -1.55. The molecular formula is C17H24N2O2. The molecule has 0 radical (unpaired) electrons. The average molecular weight is 288 g/mol. The van der Waals surface area contributed by atoms with Crippen LogP contribution in [0.3, 0.4) is 0 Å². The second-order valence-corrected chi connectivity index (χ2v) is 6.06. The van der Waals surface area contributed by atoms with Crippen molar-refractivity contribution >= 4 is 11.6 Å². The molecule has 0 aliphatic carbocycles. The third-order valence-corrected chi connectivity index (χ3v) is 4.77. The van der Waals surface area contributed by atoms with E-state index in [1.54, 1.807) is 0 Å². The highest BCUT2D eigenvalue weighted by molar-refractivity contribution is 5.79. The molecule has 1 amide bonds. The Morgan fingerprint density at radius 2 is 1.90 bits per heavy atom. The van der Waals surface area contributed by atoms with Crippen molar-refractivity contribution in [2.75, 3.05) is 38.3 Å². The van der Waals surface area contributed by atoms with Gasteiger partial charge < -0.3 is 14.5 Å². The molecule has 21 heavy (non-hydrogen) atoms. The van der Waals surface area contributed by atoms with Gasteiger partial charge in [0.25, 0.3) is 0 Å². The number of amides is 1. The van der Waals surface area contributed by atoms with Crippen LogP contribution in [-0.4, -0.2) is 50.2 Å². The second kappa shape index (κ2) is 6.48. The molecule has 2 aliphatic rings. The fourth-order valence-corrected chi connectivity index (χ4v) is 3.33. The number of carbonyl (C=O) groups is 1. The Morgan fingerprint density at radius 3 is 2.52 bits per heavy atom. The molecule has 0 spiro atoms. The average Bonchev–Trinajstić information content (AvgIpc) is 3.09. The first-order chi connectivity index (χ1) is 10.3. The van der Waals surface area contributed by atoms with Crippen molar-refractivity contribution in [3.63, 3.8) is 0 Å². The third kappa shape index (κ3) is 3.21. The van der Waals surface area contributed by atoms with Crippen molar-refractivity contribution in [2.45, 2.75) is 25.3 Å². The Balaban J connectivity index is 1.54. The van der Waals surface area contributed by atoms with Gasteiger partial charge in [0.15, 0.2) is 0 Å². The van der Waals surface area contributed by atoms with E-state index in [9.17, 15) is 4.79 Å². The summed E-state index contributed by atoms with van der Waals surface area (Å²) in [6.45, 7) is 3.10. The maximum atomic E-state index is 12.4. The van der Waals surface area contributed by atoms with Crippen molar-refractivity contribution in [3.8, 4) is 0 Å². The molecule has 0 aromatic heterocycles. The van der Waals surface area contributed by atoms with Crippen molar-refractivity contribution in [1.29, 1.82) is 0 Å². The highest BCUT2D eigenvalue weighted by atomic mass is 16.5. The van der Waals surface area contributed by atoms with E-state index in [0.29, 0.717) is 18.6 Å². The number of likely N-dealkylation sites (tertiary alicyclic amines) is 1. The van der Waals surface area contributed by atoms with Gasteiger partial charge in [0.1, 0.15) is 0 Å². The molecule has 2 saturated heterocycles. The van der Waals surface area contributed by atoms with E-state index >= 15 is 0 Å². The SMILES string of the molecule is CN(c1ccccc1)C1CCN(C(=O)C2CCOC2)CC1. The summed E-state index contributed by atoms with van der Waals surface area (Å²) in [4.78, 5) is 16.8. The molecule has 1 aromatic carbocycles. The molecule has 1 atom stereocenters. The number of benzene rings is 1. The van der Waals surface area contributed by atoms with Gasteiger partial charge in [-0.25, -0.2) is 0 Å². The molecule has 0 bridgehead atoms. The minimum atomic E-state index is 0.105. The Labute approximate surface area is 126 Å². The van der Waals surface area contributed by atoms with Crippen molar-refractivity contribution in [3.05, 3.63) is 30.3 Å². The van der Waals surface area contributed by atoms with Crippen LogP contribution in [0.25, 0.3) is 0 Å². The summed E-state index contributed by atoms with van der Waals surface area (Å²) in [6.07, 6.45) is 2.98. The van der Waals surface area contributed by atoms with E-state index in [2.05, 4.69) is 36.2 Å². The van der Waals surface area contributed by atoms with Crippen LogP contribution in [-0.2, 0) is 9.53 Å². The lowest BCUT2D eigenvalue weighted by atomic mass is 10.00. The van der Waals surface area contributed by atoms with Gasteiger partial charge in [-0.2, -0.15) is 0 Å². The predicted molar refractivity (Wildman–Crippen MR) is 83.4 cm³/mol. The smallest absolute Gasteiger partial charge is 0.228 e. The van der Waals surface area contributed by atoms with Crippen LogP contribution < -0.4 is 4.90 Å². The van der Waals surface area contributed by atoms with Crippen molar-refractivity contribution < 1.29 is 9.53 Å². The third-order valence-electron chi connectivity index (χ3n) is 4.77. The van der Waals surface area contributed by atoms with Crippen LogP contribution in [0.4, 0.5) is 5.69 Å². The Bertz CT molecular complexity index is 463. The van der Waals surface area contributed by atoms with Gasteiger partial charge in [0.2, 0.25) is 5.91 Å². The summed E-state index contributed by atoms with van der Waals surface area (Å²) >= 11 is 0. The topological polar surface area (TPSA) is 32.8 Å². The highest BCUT2D eigenvalue weighted by Crippen LogP contribution is 2.24. The number of rotatable bonds is 3. The predicted octanol–water partition coefficient (Wildman–Crippen LogP) is 2.15. The number of hydrogen-bond donors (Lipinski definition) is 0. The van der Waals surface area contributed by atoms with Gasteiger partial charge in [-0.15, -0.1) is 0 Å². The Kier molecular flexibility index (Phi) is 4.44. The molecule has 0 saturated carbocycles. The minimum absolute atomic E-state index is 0.105. The molecule has 114 valence electrons. The molecule has 4 heteroatoms. The highest BCUT2D eigenvalue weighted by Gasteiger charge is 2.31. The zero-order valence-corrected chi connectivity index (χ0v) is 12.7. The number of ether oxygens (including phenoxy) is 1. The van der Waals surface area contributed by atoms with E-state index in [1.165, 1.54) is 5.69 Å². The fraction of sp³-hybridized carbons (Fsp3) is 0.588. The largest absolute Gasteiger partial charge is 0.381 e. The number of nitrogens with zero attached hydrogens (tertiary/aromatic N) is 2. The fourth-order valence-electron chi connectivity index (χ4n) is 3.33. The summed E-state index contributed by atoms with van der Waals surface area (Å²) < 4.78 is 5.33. The normalized spacial score (nSPS) is 23.3. The molecule has 3 rings (SSSR count). The van der Waals surface area contributed by atoms with Crippen molar-refractivity contribution in [2.24, 2.45) is 5.92 Å². The van der Waals surface area contributed by atoms with Gasteiger partial charge >= 0.3 is 0 Å². The van der Waals surface area contributed by atoms with Gasteiger partial charge in [-0.05, 0) is 31.4 Å². The molecule has 2 heterocycles. The van der Waals surface area contributed by atoms with Crippen LogP contribution in [0.15, 0.2) is 30.3 Å². The van der Waals surface area contributed by atoms with E-state index in [1.807, 2.05) is 11.0 Å². The number of hydrogen-bond acceptors (Lipinski definition) is 3. The maximum absolute atomic E-state index is 12.4. The Morgan fingerprint density at radius 1 is 1.19 bits per heavy atom. The van der Waals surface area contributed by atoms with Crippen LogP contribution in [0.5, 0.6) is 0 Å². The van der Waals surface area contributed by atoms with Crippen LogP contribution in [0, 0.1) is 5.92 Å². The van der Waals surface area contributed by atoms with E-state index in [4.69, 9.17) is 4.74 Å². The lowest BCUT2D eigenvalue weighted by molar-refractivity contribution is -0.136. The van der Waals surface area contributed by atoms with Crippen LogP contribution >= 0.6 is 0 Å². The molecule has 1 aromatic rings. The number of anilines is 1. The number of para-hydroxylation sites is 1. The van der Waals surface area contributed by atoms with E-state index < -0.39 is 0 Å². The quantitative estimate of drug-likeness (QED) is 0.854. The van der Waals surface area contributed by atoms with Crippen molar-refractivity contribution in [1.82, 2.24) is 4.90 Å². The maximum Gasteiger partial charge on any atom is 0.228 e. The van der Waals surface area contributed by atoms with Gasteiger partial charge in [-0.3, -0.25) is 4.79 Å². The van der Waals surface area contributed by atoms with Crippen LogP contribution in [0.1, 0.15) is 19.3 Å². The molecule has 2 fully saturated rings. The first-order valence-corrected chi connectivity index (χ1v) is 7.90. The number of piperidine rings is 1. The molecular weight excluding hydrogens is 264 g/mol. The monoisotopic (exact) mass is 288 g/mol. The molecule has 0 N–H and O–H groups in total. The first kappa shape index (κ1) is 14.4. The zero-order chi connectivity index (χ0) is 14.7. The standard InChI is InChI=1S/C17H24N2O2/c1-18(15-5-3-2-4-6-15)16-7-10-19(11-8-16)17(20)14-9-12-21-13-14/h2-6,14,16H,7-13H2,1H3. The summed E-state index contributed by atoms with van der Waals surface area (Å²) in [7, 11) is 2.16. The van der Waals surface area contributed by atoms with E-state index in [-0.39, 0.29) is 5.92 Å². The minimum Gasteiger partial charge on any atom is -0.381 e. The van der Waals surface area contributed by atoms with Gasteiger partial charge in [-0.1, -0.05) is 18.2 Å². The molecule has 4 nitrogen and oxygen atoms in total. The lowest BCUT2D eigenvalue weighted by Crippen LogP contribution is -2.47. The number of carbonyl (C=O) groups excluding carboxylic acids is 1. The van der Waals surface area contributed by atoms with Gasteiger partial charge in [0, 0.05) is 38.5 Å². The molecule has 1 unspecified atom stereocenters. The summed E-state index contributed by atoms with van der Waals surface area (Å²) in [5, 5.41) is 0. The van der Waals surface area contributed by atoms with Gasteiger partial charge in [0.05, 0.1) is 12.5 Å². The lowest BCUT2D eigenvalue weighted by Gasteiger charge is -2.38. The second-order valence-electron chi connectivity index (χ2n) is 6.06.